The Bertz CT molecular complexity index is 233. The Morgan fingerprint density at radius 1 is 1.14 bits per heavy atom. The van der Waals surface area contributed by atoms with Crippen LogP contribution in [0, 0.1) is 17.3 Å². The van der Waals surface area contributed by atoms with Crippen LogP contribution >= 0.6 is 0 Å². The van der Waals surface area contributed by atoms with E-state index < -0.39 is 0 Å². The highest BCUT2D eigenvalue weighted by Crippen LogP contribution is 2.51. The maximum atomic E-state index is 3.94. The third kappa shape index (κ3) is 1.41. The van der Waals surface area contributed by atoms with Crippen LogP contribution in [-0.2, 0) is 0 Å². The van der Waals surface area contributed by atoms with E-state index in [1.807, 2.05) is 0 Å². The maximum Gasteiger partial charge on any atom is 0.0121 e. The first-order valence-corrected chi connectivity index (χ1v) is 6.43. The summed E-state index contributed by atoms with van der Waals surface area (Å²) in [4.78, 5) is 0. The van der Waals surface area contributed by atoms with Gasteiger partial charge in [-0.25, -0.2) is 0 Å². The Morgan fingerprint density at radius 3 is 2.64 bits per heavy atom. The summed E-state index contributed by atoms with van der Waals surface area (Å²) < 4.78 is 0. The van der Waals surface area contributed by atoms with E-state index in [1.54, 1.807) is 0 Å². The molecule has 14 heavy (non-hydrogen) atoms. The molecule has 3 fully saturated rings. The first-order chi connectivity index (χ1) is 6.67. The Hall–Kier alpha value is -0.0400. The summed E-state index contributed by atoms with van der Waals surface area (Å²) in [5.74, 6) is 2.18. The van der Waals surface area contributed by atoms with Crippen molar-refractivity contribution in [1.82, 2.24) is 5.32 Å². The predicted octanol–water partition coefficient (Wildman–Crippen LogP) is 2.95. The van der Waals surface area contributed by atoms with Gasteiger partial charge in [-0.3, -0.25) is 0 Å². The van der Waals surface area contributed by atoms with Crippen molar-refractivity contribution in [1.29, 1.82) is 0 Å². The lowest BCUT2D eigenvalue weighted by atomic mass is 9.67. The summed E-state index contributed by atoms with van der Waals surface area (Å²) in [6, 6.07) is 1.71. The molecule has 3 aliphatic rings. The Labute approximate surface area is 87.7 Å². The van der Waals surface area contributed by atoms with Gasteiger partial charge in [0.05, 0.1) is 0 Å². The third-order valence-corrected chi connectivity index (χ3v) is 5.02. The molecular weight excluding hydrogens is 170 g/mol. The van der Waals surface area contributed by atoms with E-state index in [0.29, 0.717) is 5.41 Å². The molecule has 80 valence electrons. The van der Waals surface area contributed by atoms with Gasteiger partial charge in [0, 0.05) is 12.1 Å². The van der Waals surface area contributed by atoms with Crippen molar-refractivity contribution in [3.63, 3.8) is 0 Å². The number of hydrogen-bond acceptors (Lipinski definition) is 1. The van der Waals surface area contributed by atoms with Crippen LogP contribution in [0.3, 0.4) is 0 Å². The fraction of sp³-hybridized carbons (Fsp3) is 1.00. The normalized spacial score (nSPS) is 49.3. The average Bonchev–Trinajstić information content (AvgIpc) is 2.91. The summed E-state index contributed by atoms with van der Waals surface area (Å²) in [7, 11) is 0. The van der Waals surface area contributed by atoms with E-state index in [4.69, 9.17) is 0 Å². The van der Waals surface area contributed by atoms with Gasteiger partial charge in [-0.05, 0) is 42.9 Å². The van der Waals surface area contributed by atoms with Gasteiger partial charge in [0.2, 0.25) is 0 Å². The monoisotopic (exact) mass is 193 g/mol. The fourth-order valence-corrected chi connectivity index (χ4v) is 3.55. The Kier molecular flexibility index (Phi) is 1.96. The minimum atomic E-state index is 0.585. The van der Waals surface area contributed by atoms with Crippen LogP contribution in [0.1, 0.15) is 52.4 Å². The first kappa shape index (κ1) is 9.21. The van der Waals surface area contributed by atoms with E-state index in [-0.39, 0.29) is 0 Å². The molecule has 3 saturated carbocycles. The quantitative estimate of drug-likeness (QED) is 0.711. The van der Waals surface area contributed by atoms with Crippen LogP contribution in [0.15, 0.2) is 0 Å². The van der Waals surface area contributed by atoms with Gasteiger partial charge < -0.3 is 5.32 Å². The van der Waals surface area contributed by atoms with Crippen molar-refractivity contribution < 1.29 is 0 Å². The van der Waals surface area contributed by atoms with Gasteiger partial charge in [0.1, 0.15) is 0 Å². The molecule has 3 rings (SSSR count). The number of hydrogen-bond donors (Lipinski definition) is 1. The van der Waals surface area contributed by atoms with Gasteiger partial charge in [0.25, 0.3) is 0 Å². The van der Waals surface area contributed by atoms with Gasteiger partial charge >= 0.3 is 0 Å². The van der Waals surface area contributed by atoms with Crippen LogP contribution in [0.25, 0.3) is 0 Å². The van der Waals surface area contributed by atoms with Crippen molar-refractivity contribution in [2.45, 2.75) is 64.5 Å². The molecule has 0 bridgehead atoms. The molecule has 0 aromatic rings. The summed E-state index contributed by atoms with van der Waals surface area (Å²) in [6.07, 6.45) is 8.83. The van der Waals surface area contributed by atoms with Gasteiger partial charge in [-0.1, -0.05) is 26.7 Å². The molecule has 0 saturated heterocycles. The maximum absolute atomic E-state index is 3.94. The Balaban J connectivity index is 1.57. The second-order valence-electron chi connectivity index (χ2n) is 6.44. The molecule has 2 unspecified atom stereocenters. The highest BCUT2D eigenvalue weighted by molar-refractivity contribution is 5.03. The predicted molar refractivity (Wildman–Crippen MR) is 59.2 cm³/mol. The lowest BCUT2D eigenvalue weighted by Gasteiger charge is -2.47. The smallest absolute Gasteiger partial charge is 0.0121 e. The van der Waals surface area contributed by atoms with E-state index in [0.717, 1.165) is 23.9 Å². The number of nitrogens with one attached hydrogen (secondary N) is 1. The molecule has 0 heterocycles. The SMILES string of the molecule is CC1(C)CCC1NC1CCC[C@H]2C[C@@H]12. The van der Waals surface area contributed by atoms with Crippen LogP contribution < -0.4 is 5.32 Å². The second kappa shape index (κ2) is 2.98. The Morgan fingerprint density at radius 2 is 2.00 bits per heavy atom. The number of fused-ring (bicyclic) bond motifs is 1. The van der Waals surface area contributed by atoms with Crippen LogP contribution in [0.5, 0.6) is 0 Å². The van der Waals surface area contributed by atoms with E-state index in [1.165, 1.54) is 38.5 Å². The second-order valence-corrected chi connectivity index (χ2v) is 6.44. The third-order valence-electron chi connectivity index (χ3n) is 5.02. The van der Waals surface area contributed by atoms with Crippen molar-refractivity contribution in [3.8, 4) is 0 Å². The molecule has 1 heteroatoms. The first-order valence-electron chi connectivity index (χ1n) is 6.43. The van der Waals surface area contributed by atoms with Crippen molar-refractivity contribution in [3.05, 3.63) is 0 Å². The number of rotatable bonds is 2. The molecule has 0 aliphatic heterocycles. The molecule has 1 N–H and O–H groups in total. The molecule has 0 aromatic heterocycles. The van der Waals surface area contributed by atoms with Crippen molar-refractivity contribution in [2.24, 2.45) is 17.3 Å². The highest BCUT2D eigenvalue weighted by atomic mass is 15.0. The lowest BCUT2D eigenvalue weighted by molar-refractivity contribution is 0.0890. The lowest BCUT2D eigenvalue weighted by Crippen LogP contribution is -2.54. The van der Waals surface area contributed by atoms with Crippen molar-refractivity contribution >= 4 is 0 Å². The molecule has 1 nitrogen and oxygen atoms in total. The molecular formula is C13H23N. The molecule has 0 radical (unpaired) electrons. The van der Waals surface area contributed by atoms with E-state index in [2.05, 4.69) is 19.2 Å². The van der Waals surface area contributed by atoms with Gasteiger partial charge in [-0.2, -0.15) is 0 Å². The molecule has 0 aromatic carbocycles. The topological polar surface area (TPSA) is 12.0 Å². The van der Waals surface area contributed by atoms with Crippen LogP contribution in [0.4, 0.5) is 0 Å². The highest BCUT2D eigenvalue weighted by Gasteiger charge is 2.48. The zero-order valence-corrected chi connectivity index (χ0v) is 9.55. The average molecular weight is 193 g/mol. The molecule has 4 atom stereocenters. The summed E-state index contributed by atoms with van der Waals surface area (Å²) in [5, 5.41) is 3.94. The minimum absolute atomic E-state index is 0.585. The summed E-state index contributed by atoms with van der Waals surface area (Å²) in [5.41, 5.74) is 0.585. The summed E-state index contributed by atoms with van der Waals surface area (Å²) >= 11 is 0. The van der Waals surface area contributed by atoms with Crippen LogP contribution in [-0.4, -0.2) is 12.1 Å². The van der Waals surface area contributed by atoms with E-state index in [9.17, 15) is 0 Å². The fourth-order valence-electron chi connectivity index (χ4n) is 3.55. The zero-order valence-electron chi connectivity index (χ0n) is 9.55. The summed E-state index contributed by atoms with van der Waals surface area (Å²) in [6.45, 7) is 4.84. The van der Waals surface area contributed by atoms with Crippen molar-refractivity contribution in [2.75, 3.05) is 0 Å². The molecule has 3 aliphatic carbocycles. The van der Waals surface area contributed by atoms with Crippen LogP contribution in [0.2, 0.25) is 0 Å². The minimum Gasteiger partial charge on any atom is -0.310 e. The molecule has 0 spiro atoms. The zero-order chi connectivity index (χ0) is 9.76. The van der Waals surface area contributed by atoms with Gasteiger partial charge in [0.15, 0.2) is 0 Å². The largest absolute Gasteiger partial charge is 0.310 e. The van der Waals surface area contributed by atoms with Gasteiger partial charge in [-0.15, -0.1) is 0 Å². The standard InChI is InChI=1S/C13H23N/c1-13(2)7-6-12(13)14-11-5-3-4-9-8-10(9)11/h9-12,14H,3-8H2,1-2H3/t9-,10+,11?,12?/m0/s1. The molecule has 0 amide bonds. The van der Waals surface area contributed by atoms with E-state index >= 15 is 0 Å².